The molecule has 1 N–H and O–H groups in total. The number of nitrogens with zero attached hydrogens (tertiary/aromatic N) is 3. The number of ketones is 1. The lowest BCUT2D eigenvalue weighted by Crippen LogP contribution is -2.69. The zero-order valence-corrected chi connectivity index (χ0v) is 20.0. The number of hydrogen-bond donors (Lipinski definition) is 1. The number of benzene rings is 1. The summed E-state index contributed by atoms with van der Waals surface area (Å²) in [5, 5.41) is 10.6. The normalized spacial score (nSPS) is 25.1. The molecular formula is C30H27N3O3. The van der Waals surface area contributed by atoms with Crippen LogP contribution >= 0.6 is 0 Å². The molecule has 4 aliphatic rings. The molecular weight excluding hydrogens is 450 g/mol. The second kappa shape index (κ2) is 7.36. The van der Waals surface area contributed by atoms with Crippen molar-refractivity contribution in [2.45, 2.75) is 45.1 Å². The van der Waals surface area contributed by atoms with Crippen LogP contribution in [0.4, 0.5) is 0 Å². The van der Waals surface area contributed by atoms with Crippen LogP contribution in [0, 0.1) is 16.2 Å². The standard InChI is InChI=1S/C30H27N3O3/c34-25(14-29(10-11-29)30-17-28(18-30,19-30)27(35)36)23-5-3-4-20-9-13-33(26(20)23)16-22-8-7-21(15-32-22)24-6-1-2-12-31-24/h1-9,12-13,15H,10-11,14,16-19H2,(H,35,36). The zero-order chi connectivity index (χ0) is 24.5. The molecule has 3 aromatic heterocycles. The third-order valence-corrected chi connectivity index (χ3v) is 9.17. The lowest BCUT2D eigenvalue weighted by atomic mass is 9.30. The first-order valence-corrected chi connectivity index (χ1v) is 12.6. The van der Waals surface area contributed by atoms with E-state index in [0.29, 0.717) is 13.0 Å². The quantitative estimate of drug-likeness (QED) is 0.326. The zero-order valence-electron chi connectivity index (χ0n) is 20.0. The summed E-state index contributed by atoms with van der Waals surface area (Å²) in [7, 11) is 0. The molecule has 4 saturated carbocycles. The smallest absolute Gasteiger partial charge is 0.309 e. The van der Waals surface area contributed by atoms with Crippen LogP contribution in [0.2, 0.25) is 0 Å². The number of rotatable bonds is 8. The Kier molecular flexibility index (Phi) is 4.39. The van der Waals surface area contributed by atoms with E-state index in [1.807, 2.05) is 60.9 Å². The van der Waals surface area contributed by atoms with E-state index in [9.17, 15) is 14.7 Å². The Balaban J connectivity index is 1.13. The summed E-state index contributed by atoms with van der Waals surface area (Å²) in [6.07, 6.45) is 10.5. The molecule has 4 fully saturated rings. The molecule has 0 atom stereocenters. The van der Waals surface area contributed by atoms with Gasteiger partial charge in [0.1, 0.15) is 0 Å². The monoisotopic (exact) mass is 477 g/mol. The van der Waals surface area contributed by atoms with E-state index in [1.54, 1.807) is 6.20 Å². The van der Waals surface area contributed by atoms with Crippen molar-refractivity contribution in [2.24, 2.45) is 16.2 Å². The van der Waals surface area contributed by atoms with E-state index in [2.05, 4.69) is 20.6 Å². The first-order chi connectivity index (χ1) is 17.4. The summed E-state index contributed by atoms with van der Waals surface area (Å²) in [5.74, 6) is -0.485. The molecule has 0 radical (unpaired) electrons. The van der Waals surface area contributed by atoms with Crippen LogP contribution in [0.25, 0.3) is 22.2 Å². The largest absolute Gasteiger partial charge is 0.481 e. The average molecular weight is 478 g/mol. The van der Waals surface area contributed by atoms with Gasteiger partial charge in [-0.25, -0.2) is 0 Å². The summed E-state index contributed by atoms with van der Waals surface area (Å²) >= 11 is 0. The number of pyridine rings is 2. The number of hydrogen-bond acceptors (Lipinski definition) is 4. The van der Waals surface area contributed by atoms with Gasteiger partial charge < -0.3 is 9.67 Å². The second-order valence-corrected chi connectivity index (χ2v) is 11.2. The van der Waals surface area contributed by atoms with E-state index in [0.717, 1.165) is 65.5 Å². The molecule has 0 saturated heterocycles. The predicted octanol–water partition coefficient (Wildman–Crippen LogP) is 5.75. The maximum Gasteiger partial charge on any atom is 0.309 e. The molecule has 3 heterocycles. The fourth-order valence-electron chi connectivity index (χ4n) is 7.02. The molecule has 0 amide bonds. The molecule has 4 aliphatic carbocycles. The third kappa shape index (κ3) is 3.03. The first kappa shape index (κ1) is 21.5. The number of carbonyl (C=O) groups is 2. The number of carboxylic acids is 1. The van der Waals surface area contributed by atoms with Crippen LogP contribution in [0.3, 0.4) is 0 Å². The van der Waals surface area contributed by atoms with E-state index < -0.39 is 11.4 Å². The highest BCUT2D eigenvalue weighted by Crippen LogP contribution is 2.85. The Morgan fingerprint density at radius 1 is 0.944 bits per heavy atom. The number of carboxylic acid groups (broad SMARTS) is 1. The average Bonchev–Trinajstić information content (AvgIpc) is 3.48. The highest BCUT2D eigenvalue weighted by molar-refractivity contribution is 6.07. The Morgan fingerprint density at radius 2 is 1.78 bits per heavy atom. The molecule has 180 valence electrons. The van der Waals surface area contributed by atoms with Crippen LogP contribution < -0.4 is 0 Å². The van der Waals surface area contributed by atoms with Crippen molar-refractivity contribution < 1.29 is 14.7 Å². The van der Waals surface area contributed by atoms with Crippen LogP contribution in [0.15, 0.2) is 73.2 Å². The highest BCUT2D eigenvalue weighted by Gasteiger charge is 2.80. The number of fused-ring (bicyclic) bond motifs is 1. The predicted molar refractivity (Wildman–Crippen MR) is 135 cm³/mol. The van der Waals surface area contributed by atoms with Gasteiger partial charge in [0.05, 0.1) is 28.9 Å². The summed E-state index contributed by atoms with van der Waals surface area (Å²) < 4.78 is 2.12. The Hall–Kier alpha value is -3.80. The molecule has 0 aliphatic heterocycles. The molecule has 0 unspecified atom stereocenters. The van der Waals surface area contributed by atoms with E-state index in [4.69, 9.17) is 0 Å². The molecule has 6 heteroatoms. The maximum atomic E-state index is 13.7. The van der Waals surface area contributed by atoms with Crippen molar-refractivity contribution >= 4 is 22.7 Å². The van der Waals surface area contributed by atoms with Gasteiger partial charge in [-0.05, 0) is 79.3 Å². The fraction of sp³-hybridized carbons (Fsp3) is 0.333. The molecule has 0 spiro atoms. The van der Waals surface area contributed by atoms with Crippen LogP contribution in [-0.2, 0) is 11.3 Å². The van der Waals surface area contributed by atoms with Crippen molar-refractivity contribution in [3.05, 3.63) is 84.4 Å². The number of aromatic nitrogens is 3. The third-order valence-electron chi connectivity index (χ3n) is 9.17. The Bertz CT molecular complexity index is 1500. The van der Waals surface area contributed by atoms with Gasteiger partial charge in [-0.1, -0.05) is 18.2 Å². The van der Waals surface area contributed by atoms with Gasteiger partial charge in [0.25, 0.3) is 0 Å². The van der Waals surface area contributed by atoms with E-state index in [-0.39, 0.29) is 16.6 Å². The molecule has 4 aromatic rings. The minimum absolute atomic E-state index is 0.00370. The summed E-state index contributed by atoms with van der Waals surface area (Å²) in [5.41, 5.74) is 4.08. The van der Waals surface area contributed by atoms with Crippen molar-refractivity contribution in [3.63, 3.8) is 0 Å². The van der Waals surface area contributed by atoms with Gasteiger partial charge in [-0.15, -0.1) is 0 Å². The Morgan fingerprint density at radius 3 is 2.44 bits per heavy atom. The van der Waals surface area contributed by atoms with Crippen molar-refractivity contribution in [1.29, 1.82) is 0 Å². The van der Waals surface area contributed by atoms with Crippen molar-refractivity contribution in [2.75, 3.05) is 0 Å². The SMILES string of the molecule is O=C(CC1(C23CC(C(=O)O)(C2)C3)CC1)c1cccc2ccn(Cc3ccc(-c4ccccn4)cn3)c12. The van der Waals surface area contributed by atoms with Gasteiger partial charge in [0, 0.05) is 41.5 Å². The Labute approximate surface area is 209 Å². The molecule has 2 bridgehead atoms. The van der Waals surface area contributed by atoms with Crippen LogP contribution in [-0.4, -0.2) is 31.4 Å². The van der Waals surface area contributed by atoms with Crippen LogP contribution in [0.1, 0.15) is 54.6 Å². The highest BCUT2D eigenvalue weighted by atomic mass is 16.4. The molecule has 6 nitrogen and oxygen atoms in total. The summed E-state index contributed by atoms with van der Waals surface area (Å²) in [6.45, 7) is 0.576. The number of carbonyl (C=O) groups excluding carboxylic acids is 1. The van der Waals surface area contributed by atoms with Gasteiger partial charge in [-0.3, -0.25) is 19.6 Å². The number of para-hydroxylation sites is 1. The first-order valence-electron chi connectivity index (χ1n) is 12.6. The van der Waals surface area contributed by atoms with E-state index >= 15 is 0 Å². The van der Waals surface area contributed by atoms with E-state index in [1.165, 1.54) is 0 Å². The van der Waals surface area contributed by atoms with Crippen molar-refractivity contribution in [1.82, 2.24) is 14.5 Å². The second-order valence-electron chi connectivity index (χ2n) is 11.2. The van der Waals surface area contributed by atoms with Crippen LogP contribution in [0.5, 0.6) is 0 Å². The summed E-state index contributed by atoms with van der Waals surface area (Å²) in [6, 6.07) is 17.9. The molecule has 36 heavy (non-hydrogen) atoms. The minimum Gasteiger partial charge on any atom is -0.481 e. The molecule has 8 rings (SSSR count). The minimum atomic E-state index is -0.657. The van der Waals surface area contributed by atoms with Gasteiger partial charge in [-0.2, -0.15) is 0 Å². The topological polar surface area (TPSA) is 85.1 Å². The lowest BCUT2D eigenvalue weighted by Gasteiger charge is -2.72. The van der Waals surface area contributed by atoms with Gasteiger partial charge in [0.2, 0.25) is 0 Å². The van der Waals surface area contributed by atoms with Crippen molar-refractivity contribution in [3.8, 4) is 11.3 Å². The maximum absolute atomic E-state index is 13.7. The van der Waals surface area contributed by atoms with Gasteiger partial charge in [0.15, 0.2) is 5.78 Å². The molecule has 1 aromatic carbocycles. The number of Topliss-reactive ketones (excluding diaryl/α,β-unsaturated/α-hetero) is 1. The lowest BCUT2D eigenvalue weighted by molar-refractivity contribution is -0.248. The number of aliphatic carboxylic acids is 1. The summed E-state index contributed by atoms with van der Waals surface area (Å²) in [4.78, 5) is 34.3. The fourth-order valence-corrected chi connectivity index (χ4v) is 7.02. The van der Waals surface area contributed by atoms with Gasteiger partial charge >= 0.3 is 5.97 Å².